The third kappa shape index (κ3) is 3.23. The molecule has 0 fully saturated rings. The van der Waals surface area contributed by atoms with Crippen molar-refractivity contribution in [3.8, 4) is 5.75 Å². The molecule has 2 aromatic carbocycles. The van der Waals surface area contributed by atoms with E-state index in [-0.39, 0.29) is 11.8 Å². The van der Waals surface area contributed by atoms with E-state index in [0.717, 1.165) is 5.56 Å². The molecule has 19 heavy (non-hydrogen) atoms. The summed E-state index contributed by atoms with van der Waals surface area (Å²) in [5.74, 6) is 0.312. The van der Waals surface area contributed by atoms with Crippen molar-refractivity contribution < 1.29 is 9.66 Å². The highest BCUT2D eigenvalue weighted by atomic mass is 35.5. The molecule has 1 atom stereocenters. The van der Waals surface area contributed by atoms with E-state index in [1.54, 1.807) is 0 Å². The Morgan fingerprint density at radius 3 is 2.53 bits per heavy atom. The predicted molar refractivity (Wildman–Crippen MR) is 73.6 cm³/mol. The largest absolute Gasteiger partial charge is 0.484 e. The smallest absolute Gasteiger partial charge is 0.273 e. The Labute approximate surface area is 115 Å². The summed E-state index contributed by atoms with van der Waals surface area (Å²) in [5, 5.41) is 11.1. The molecule has 4 nitrogen and oxygen atoms in total. The van der Waals surface area contributed by atoms with Crippen LogP contribution in [0.15, 0.2) is 48.5 Å². The summed E-state index contributed by atoms with van der Waals surface area (Å²) < 4.78 is 5.69. The van der Waals surface area contributed by atoms with Crippen molar-refractivity contribution in [2.45, 2.75) is 13.0 Å². The maximum absolute atomic E-state index is 10.7. The van der Waals surface area contributed by atoms with Crippen molar-refractivity contribution in [3.05, 3.63) is 69.2 Å². The maximum Gasteiger partial charge on any atom is 0.273 e. The summed E-state index contributed by atoms with van der Waals surface area (Å²) in [4.78, 5) is 10.3. The van der Waals surface area contributed by atoms with Gasteiger partial charge >= 0.3 is 0 Å². The van der Waals surface area contributed by atoms with E-state index in [1.165, 1.54) is 18.2 Å². The van der Waals surface area contributed by atoms with E-state index in [4.69, 9.17) is 16.3 Å². The second-order valence-corrected chi connectivity index (χ2v) is 4.45. The number of nitrogens with zero attached hydrogens (tertiary/aromatic N) is 1. The van der Waals surface area contributed by atoms with Crippen LogP contribution in [0.2, 0.25) is 5.02 Å². The van der Waals surface area contributed by atoms with E-state index in [9.17, 15) is 10.1 Å². The molecule has 5 heteroatoms. The fraction of sp³-hybridized carbons (Fsp3) is 0.143. The van der Waals surface area contributed by atoms with E-state index in [1.807, 2.05) is 37.3 Å². The molecule has 1 unspecified atom stereocenters. The number of rotatable bonds is 4. The third-order valence-electron chi connectivity index (χ3n) is 2.70. The number of hydrogen-bond donors (Lipinski definition) is 0. The molecule has 0 aliphatic carbocycles. The molecular weight excluding hydrogens is 266 g/mol. The first-order valence-corrected chi connectivity index (χ1v) is 6.11. The van der Waals surface area contributed by atoms with Gasteiger partial charge in [0.05, 0.1) is 16.0 Å². The maximum atomic E-state index is 10.7. The van der Waals surface area contributed by atoms with Gasteiger partial charge in [0.2, 0.25) is 0 Å². The van der Waals surface area contributed by atoms with E-state index < -0.39 is 4.92 Å². The molecule has 0 heterocycles. The zero-order valence-electron chi connectivity index (χ0n) is 10.2. The number of nitro groups is 1. The molecule has 0 saturated carbocycles. The zero-order valence-corrected chi connectivity index (χ0v) is 11.0. The molecule has 0 radical (unpaired) electrons. The topological polar surface area (TPSA) is 52.4 Å². The molecule has 2 aromatic rings. The average Bonchev–Trinajstić information content (AvgIpc) is 2.42. The van der Waals surface area contributed by atoms with Crippen molar-refractivity contribution in [3.63, 3.8) is 0 Å². The minimum atomic E-state index is -0.476. The van der Waals surface area contributed by atoms with Crippen molar-refractivity contribution in [2.75, 3.05) is 0 Å². The van der Waals surface area contributed by atoms with Gasteiger partial charge in [-0.25, -0.2) is 0 Å². The van der Waals surface area contributed by atoms with Gasteiger partial charge in [0.15, 0.2) is 0 Å². The Morgan fingerprint density at radius 2 is 1.89 bits per heavy atom. The van der Waals surface area contributed by atoms with Crippen LogP contribution >= 0.6 is 11.6 Å². The molecule has 0 N–H and O–H groups in total. The zero-order chi connectivity index (χ0) is 13.8. The Morgan fingerprint density at radius 1 is 1.21 bits per heavy atom. The first kappa shape index (κ1) is 13.4. The Bertz CT molecular complexity index is 586. The van der Waals surface area contributed by atoms with Crippen molar-refractivity contribution in [1.82, 2.24) is 0 Å². The van der Waals surface area contributed by atoms with Crippen molar-refractivity contribution in [1.29, 1.82) is 0 Å². The van der Waals surface area contributed by atoms with Gasteiger partial charge in [-0.05, 0) is 18.6 Å². The lowest BCUT2D eigenvalue weighted by molar-refractivity contribution is -0.384. The van der Waals surface area contributed by atoms with Crippen LogP contribution < -0.4 is 4.74 Å². The number of nitro benzene ring substituents is 1. The van der Waals surface area contributed by atoms with Crippen LogP contribution in [-0.4, -0.2) is 4.92 Å². The minimum absolute atomic E-state index is 0.0420. The minimum Gasteiger partial charge on any atom is -0.484 e. The van der Waals surface area contributed by atoms with Gasteiger partial charge in [-0.1, -0.05) is 41.9 Å². The van der Waals surface area contributed by atoms with Crippen LogP contribution in [0.25, 0.3) is 0 Å². The lowest BCUT2D eigenvalue weighted by Gasteiger charge is -2.15. The Hall–Kier alpha value is -2.07. The van der Waals surface area contributed by atoms with E-state index in [2.05, 4.69) is 0 Å². The molecule has 0 amide bonds. The lowest BCUT2D eigenvalue weighted by atomic mass is 10.1. The number of hydrogen-bond acceptors (Lipinski definition) is 3. The Kier molecular flexibility index (Phi) is 4.02. The quantitative estimate of drug-likeness (QED) is 0.615. The normalized spacial score (nSPS) is 11.9. The summed E-state index contributed by atoms with van der Waals surface area (Å²) in [6, 6.07) is 13.7. The molecular formula is C14H12ClNO3. The van der Waals surface area contributed by atoms with Gasteiger partial charge in [-0.2, -0.15) is 0 Å². The lowest BCUT2D eigenvalue weighted by Crippen LogP contribution is -2.03. The monoisotopic (exact) mass is 277 g/mol. The fourth-order valence-corrected chi connectivity index (χ4v) is 1.84. The SMILES string of the molecule is CC(Oc1cc([N+](=O)[O-])ccc1Cl)c1ccccc1. The molecule has 0 spiro atoms. The standard InChI is InChI=1S/C14H12ClNO3/c1-10(11-5-3-2-4-6-11)19-14-9-12(16(17)18)7-8-13(14)15/h2-10H,1H3. The second kappa shape index (κ2) is 5.71. The van der Waals surface area contributed by atoms with Crippen LogP contribution in [0.4, 0.5) is 5.69 Å². The van der Waals surface area contributed by atoms with Crippen LogP contribution in [0, 0.1) is 10.1 Å². The highest BCUT2D eigenvalue weighted by Gasteiger charge is 2.14. The first-order valence-electron chi connectivity index (χ1n) is 5.73. The number of non-ortho nitro benzene ring substituents is 1. The van der Waals surface area contributed by atoms with Crippen LogP contribution in [-0.2, 0) is 0 Å². The summed E-state index contributed by atoms with van der Waals surface area (Å²) in [6.45, 7) is 1.87. The highest BCUT2D eigenvalue weighted by Crippen LogP contribution is 2.32. The van der Waals surface area contributed by atoms with Gasteiger partial charge in [0.1, 0.15) is 11.9 Å². The predicted octanol–water partition coefficient (Wildman–Crippen LogP) is 4.39. The third-order valence-corrected chi connectivity index (χ3v) is 3.01. The average molecular weight is 278 g/mol. The highest BCUT2D eigenvalue weighted by molar-refractivity contribution is 6.32. The molecule has 0 aliphatic rings. The molecule has 0 aliphatic heterocycles. The fourth-order valence-electron chi connectivity index (χ4n) is 1.68. The molecule has 0 bridgehead atoms. The van der Waals surface area contributed by atoms with Crippen LogP contribution in [0.3, 0.4) is 0 Å². The van der Waals surface area contributed by atoms with Gasteiger partial charge in [0, 0.05) is 6.07 Å². The number of ether oxygens (including phenoxy) is 1. The second-order valence-electron chi connectivity index (χ2n) is 4.04. The van der Waals surface area contributed by atoms with Gasteiger partial charge in [-0.15, -0.1) is 0 Å². The van der Waals surface area contributed by atoms with Gasteiger partial charge < -0.3 is 4.74 Å². The molecule has 2 rings (SSSR count). The van der Waals surface area contributed by atoms with Crippen LogP contribution in [0.5, 0.6) is 5.75 Å². The van der Waals surface area contributed by atoms with Crippen molar-refractivity contribution in [2.24, 2.45) is 0 Å². The molecule has 98 valence electrons. The number of benzene rings is 2. The summed E-state index contributed by atoms with van der Waals surface area (Å²) in [7, 11) is 0. The first-order chi connectivity index (χ1) is 9.08. The Balaban J connectivity index is 2.23. The summed E-state index contributed by atoms with van der Waals surface area (Å²) in [5.41, 5.74) is 0.935. The summed E-state index contributed by atoms with van der Waals surface area (Å²) >= 11 is 5.98. The molecule has 0 aromatic heterocycles. The number of halogens is 1. The van der Waals surface area contributed by atoms with E-state index >= 15 is 0 Å². The van der Waals surface area contributed by atoms with Gasteiger partial charge in [0.25, 0.3) is 5.69 Å². The summed E-state index contributed by atoms with van der Waals surface area (Å²) in [6.07, 6.45) is -0.235. The van der Waals surface area contributed by atoms with Gasteiger partial charge in [-0.3, -0.25) is 10.1 Å². The molecule has 0 saturated heterocycles. The van der Waals surface area contributed by atoms with Crippen LogP contribution in [0.1, 0.15) is 18.6 Å². The van der Waals surface area contributed by atoms with E-state index in [0.29, 0.717) is 10.8 Å². The van der Waals surface area contributed by atoms with Crippen molar-refractivity contribution >= 4 is 17.3 Å².